The summed E-state index contributed by atoms with van der Waals surface area (Å²) < 4.78 is 84.8. The molecule has 2 unspecified atom stereocenters. The van der Waals surface area contributed by atoms with Gasteiger partial charge in [-0.05, 0) is 57.0 Å². The van der Waals surface area contributed by atoms with E-state index in [1.54, 1.807) is 26.8 Å². The smallest absolute Gasteiger partial charge is 0.266 e. The molecule has 0 aliphatic carbocycles. The molecule has 10 heteroatoms. The van der Waals surface area contributed by atoms with Gasteiger partial charge in [-0.25, -0.2) is 26.3 Å². The number of aromatic nitrogens is 1. The SMILES string of the molecule is CC(C)N[C@H](C)c1cc(C(F)F)cc(C2(F)CNC2C(C)(C)N[C@H](C)c2nccc(C(F)F)c2F)c1. The number of nitrogens with one attached hydrogen (secondary N) is 3. The van der Waals surface area contributed by atoms with E-state index in [1.165, 1.54) is 12.1 Å². The van der Waals surface area contributed by atoms with Crippen LogP contribution in [0.15, 0.2) is 30.5 Å². The fourth-order valence-corrected chi connectivity index (χ4v) is 5.02. The van der Waals surface area contributed by atoms with Crippen LogP contribution in [0, 0.1) is 5.82 Å². The molecular formula is C26H34F6N4. The second kappa shape index (κ2) is 10.7. The maximum Gasteiger partial charge on any atom is 0.266 e. The van der Waals surface area contributed by atoms with Crippen LogP contribution in [0.1, 0.15) is 94.4 Å². The van der Waals surface area contributed by atoms with Gasteiger partial charge in [-0.15, -0.1) is 0 Å². The number of alkyl halides is 5. The van der Waals surface area contributed by atoms with Gasteiger partial charge in [-0.1, -0.05) is 19.9 Å². The summed E-state index contributed by atoms with van der Waals surface area (Å²) in [6.07, 6.45) is -4.66. The lowest BCUT2D eigenvalue weighted by Crippen LogP contribution is -2.74. The summed E-state index contributed by atoms with van der Waals surface area (Å²) >= 11 is 0. The third-order valence-electron chi connectivity index (χ3n) is 6.72. The van der Waals surface area contributed by atoms with Gasteiger partial charge in [0.1, 0.15) is 0 Å². The number of rotatable bonds is 10. The Balaban J connectivity index is 1.91. The van der Waals surface area contributed by atoms with E-state index < -0.39 is 47.5 Å². The van der Waals surface area contributed by atoms with Crippen molar-refractivity contribution in [2.75, 3.05) is 6.54 Å². The van der Waals surface area contributed by atoms with Crippen LogP contribution in [0.3, 0.4) is 0 Å². The van der Waals surface area contributed by atoms with Crippen molar-refractivity contribution in [3.63, 3.8) is 0 Å². The molecule has 4 atom stereocenters. The van der Waals surface area contributed by atoms with Gasteiger partial charge in [0.15, 0.2) is 11.5 Å². The number of hydrogen-bond donors (Lipinski definition) is 3. The lowest BCUT2D eigenvalue weighted by Gasteiger charge is -2.53. The first kappa shape index (κ1) is 28.4. The Morgan fingerprint density at radius 2 is 1.64 bits per heavy atom. The van der Waals surface area contributed by atoms with Crippen LogP contribution in [0.5, 0.6) is 0 Å². The maximum atomic E-state index is 16.5. The van der Waals surface area contributed by atoms with E-state index >= 15 is 4.39 Å². The van der Waals surface area contributed by atoms with Crippen molar-refractivity contribution in [2.45, 2.75) is 89.8 Å². The lowest BCUT2D eigenvalue weighted by atomic mass is 9.71. The molecule has 1 aliphatic heterocycles. The summed E-state index contributed by atoms with van der Waals surface area (Å²) in [6, 6.07) is 3.21. The summed E-state index contributed by atoms with van der Waals surface area (Å²) in [7, 11) is 0. The fourth-order valence-electron chi connectivity index (χ4n) is 5.02. The van der Waals surface area contributed by atoms with Gasteiger partial charge in [0, 0.05) is 35.9 Å². The molecule has 4 nitrogen and oxygen atoms in total. The van der Waals surface area contributed by atoms with Gasteiger partial charge in [0.05, 0.1) is 23.3 Å². The summed E-state index contributed by atoms with van der Waals surface area (Å²) in [5, 5.41) is 9.38. The van der Waals surface area contributed by atoms with E-state index in [1.807, 2.05) is 20.8 Å². The van der Waals surface area contributed by atoms with E-state index in [0.29, 0.717) is 5.56 Å². The van der Waals surface area contributed by atoms with Crippen LogP contribution in [-0.4, -0.2) is 29.2 Å². The Kier molecular flexibility index (Phi) is 8.42. The molecule has 36 heavy (non-hydrogen) atoms. The topological polar surface area (TPSA) is 49.0 Å². The molecule has 3 rings (SSSR count). The first-order chi connectivity index (χ1) is 16.7. The first-order valence-corrected chi connectivity index (χ1v) is 12.0. The van der Waals surface area contributed by atoms with Crippen molar-refractivity contribution in [3.05, 3.63) is 64.2 Å². The molecular weight excluding hydrogens is 482 g/mol. The molecule has 2 aromatic rings. The number of pyridine rings is 1. The van der Waals surface area contributed by atoms with Gasteiger partial charge in [-0.2, -0.15) is 0 Å². The van der Waals surface area contributed by atoms with E-state index in [-0.39, 0.29) is 35.4 Å². The van der Waals surface area contributed by atoms with Crippen molar-refractivity contribution < 1.29 is 26.3 Å². The van der Waals surface area contributed by atoms with Crippen molar-refractivity contribution in [2.24, 2.45) is 0 Å². The Morgan fingerprint density at radius 1 is 1.00 bits per heavy atom. The second-order valence-electron chi connectivity index (χ2n) is 10.4. The van der Waals surface area contributed by atoms with Crippen LogP contribution in [0.25, 0.3) is 0 Å². The Hall–Kier alpha value is -2.17. The van der Waals surface area contributed by atoms with Crippen molar-refractivity contribution in [3.8, 4) is 0 Å². The largest absolute Gasteiger partial charge is 0.308 e. The van der Waals surface area contributed by atoms with Gasteiger partial charge in [0.2, 0.25) is 0 Å². The predicted octanol–water partition coefficient (Wildman–Crippen LogP) is 6.42. The highest BCUT2D eigenvalue weighted by molar-refractivity contribution is 5.40. The first-order valence-electron chi connectivity index (χ1n) is 12.0. The minimum atomic E-state index is -3.00. The van der Waals surface area contributed by atoms with Crippen LogP contribution in [-0.2, 0) is 5.67 Å². The van der Waals surface area contributed by atoms with Crippen LogP contribution in [0.2, 0.25) is 0 Å². The van der Waals surface area contributed by atoms with Crippen LogP contribution < -0.4 is 16.0 Å². The molecule has 0 spiro atoms. The van der Waals surface area contributed by atoms with E-state index in [0.717, 1.165) is 12.3 Å². The average Bonchev–Trinajstić information content (AvgIpc) is 2.76. The molecule has 0 bridgehead atoms. The minimum absolute atomic E-state index is 0.0945. The third kappa shape index (κ3) is 5.70. The minimum Gasteiger partial charge on any atom is -0.308 e. The van der Waals surface area contributed by atoms with Crippen LogP contribution in [0.4, 0.5) is 26.3 Å². The Morgan fingerprint density at radius 3 is 2.17 bits per heavy atom. The molecule has 1 fully saturated rings. The second-order valence-corrected chi connectivity index (χ2v) is 10.4. The normalized spacial score (nSPS) is 22.2. The summed E-state index contributed by atoms with van der Waals surface area (Å²) in [5.41, 5.74) is -3.59. The third-order valence-corrected chi connectivity index (χ3v) is 6.72. The zero-order valence-corrected chi connectivity index (χ0v) is 21.3. The quantitative estimate of drug-likeness (QED) is 0.319. The zero-order valence-electron chi connectivity index (χ0n) is 21.3. The maximum absolute atomic E-state index is 16.5. The molecule has 2 heterocycles. The Labute approximate surface area is 208 Å². The van der Waals surface area contributed by atoms with Gasteiger partial charge in [-0.3, -0.25) is 4.98 Å². The summed E-state index contributed by atoms with van der Waals surface area (Å²) in [4.78, 5) is 3.91. The van der Waals surface area contributed by atoms with Gasteiger partial charge < -0.3 is 16.0 Å². The molecule has 3 N–H and O–H groups in total. The predicted molar refractivity (Wildman–Crippen MR) is 127 cm³/mol. The Bertz CT molecular complexity index is 1060. The number of nitrogens with zero attached hydrogens (tertiary/aromatic N) is 1. The van der Waals surface area contributed by atoms with E-state index in [2.05, 4.69) is 20.9 Å². The average molecular weight is 517 g/mol. The van der Waals surface area contributed by atoms with E-state index in [9.17, 15) is 22.0 Å². The monoisotopic (exact) mass is 516 g/mol. The highest BCUT2D eigenvalue weighted by Crippen LogP contribution is 2.43. The fraction of sp³-hybridized carbons (Fsp3) is 0.577. The number of hydrogen-bond acceptors (Lipinski definition) is 4. The highest BCUT2D eigenvalue weighted by atomic mass is 19.3. The summed E-state index contributed by atoms with van der Waals surface area (Å²) in [6.45, 7) is 10.5. The molecule has 200 valence electrons. The highest BCUT2D eigenvalue weighted by Gasteiger charge is 2.56. The van der Waals surface area contributed by atoms with Crippen molar-refractivity contribution in [1.29, 1.82) is 0 Å². The summed E-state index contributed by atoms with van der Waals surface area (Å²) in [5.74, 6) is -1.11. The molecule has 0 saturated carbocycles. The van der Waals surface area contributed by atoms with E-state index in [4.69, 9.17) is 0 Å². The molecule has 1 saturated heterocycles. The molecule has 1 aromatic carbocycles. The number of benzene rings is 1. The van der Waals surface area contributed by atoms with Gasteiger partial charge in [0.25, 0.3) is 12.9 Å². The van der Waals surface area contributed by atoms with Crippen molar-refractivity contribution in [1.82, 2.24) is 20.9 Å². The standard InChI is InChI=1S/C26H34F6N4/c1-13(2)35-14(3)16-9-17(22(28)29)11-18(10-16)26(32)12-34-24(26)25(5,6)36-15(4)21-20(27)19(23(30)31)7-8-33-21/h7-11,13-15,22-24,34-36H,12H2,1-6H3/t14-,15-,24?,26?/m1/s1. The van der Waals surface area contributed by atoms with Crippen molar-refractivity contribution >= 4 is 0 Å². The lowest BCUT2D eigenvalue weighted by molar-refractivity contribution is -0.0239. The molecule has 1 aromatic heterocycles. The molecule has 0 amide bonds. The molecule has 0 radical (unpaired) electrons. The van der Waals surface area contributed by atoms with Gasteiger partial charge >= 0.3 is 0 Å². The molecule has 1 aliphatic rings. The zero-order chi connectivity index (χ0) is 27.0. The van der Waals surface area contributed by atoms with Crippen LogP contribution >= 0.6 is 0 Å². The number of halogens is 6.